The van der Waals surface area contributed by atoms with Gasteiger partial charge in [0.15, 0.2) is 6.61 Å². The summed E-state index contributed by atoms with van der Waals surface area (Å²) < 4.78 is 23.4. The molecule has 0 bridgehead atoms. The molecule has 2 aliphatic carbocycles. The van der Waals surface area contributed by atoms with Crippen LogP contribution in [0.1, 0.15) is 68.6 Å². The van der Waals surface area contributed by atoms with E-state index in [1.165, 1.54) is 30.4 Å². The zero-order chi connectivity index (χ0) is 26.3. The van der Waals surface area contributed by atoms with Gasteiger partial charge in [-0.05, 0) is 79.0 Å². The number of hydrogen-bond donors (Lipinski definition) is 0. The molecule has 3 aliphatic rings. The molecule has 6 nitrogen and oxygen atoms in total. The molecule has 1 aliphatic heterocycles. The number of unbranched alkanes of at least 4 members (excludes halogenated alkanes) is 2. The average molecular weight is 521 g/mol. The molecule has 0 N–H and O–H groups in total. The van der Waals surface area contributed by atoms with E-state index in [1.807, 2.05) is 42.5 Å². The summed E-state index contributed by atoms with van der Waals surface area (Å²) in [4.78, 5) is 24.6. The molecular formula is C32H40O6. The van der Waals surface area contributed by atoms with E-state index in [0.29, 0.717) is 36.4 Å². The van der Waals surface area contributed by atoms with Crippen LogP contribution in [0.3, 0.4) is 0 Å². The van der Waals surface area contributed by atoms with Crippen molar-refractivity contribution in [2.75, 3.05) is 13.4 Å². The molecule has 2 aromatic rings. The zero-order valence-corrected chi connectivity index (χ0v) is 22.4. The van der Waals surface area contributed by atoms with Crippen LogP contribution in [-0.4, -0.2) is 37.4 Å². The summed E-state index contributed by atoms with van der Waals surface area (Å²) in [6.07, 6.45) is 10.7. The second-order valence-corrected chi connectivity index (χ2v) is 11.1. The van der Waals surface area contributed by atoms with Crippen LogP contribution in [0.15, 0.2) is 48.5 Å². The van der Waals surface area contributed by atoms with Crippen LogP contribution in [0.4, 0.5) is 0 Å². The smallest absolute Gasteiger partial charge is 0.378 e. The highest BCUT2D eigenvalue weighted by molar-refractivity contribution is 6.34. The molecule has 204 valence electrons. The van der Waals surface area contributed by atoms with E-state index < -0.39 is 11.8 Å². The SMILES string of the molecule is CCCCC[C@H]1CC[C@@H]2[C@H]3Cc4cccc(OCC(=O)C(=O)OCc5ccccc5)c4C[C@H]3C[C@H]2OCO1. The minimum absolute atomic E-state index is 0.0736. The summed E-state index contributed by atoms with van der Waals surface area (Å²) in [5.74, 6) is 0.870. The minimum atomic E-state index is -0.863. The number of esters is 1. The number of carbonyl (C=O) groups excluding carboxylic acids is 2. The maximum Gasteiger partial charge on any atom is 0.378 e. The van der Waals surface area contributed by atoms with Crippen molar-refractivity contribution >= 4 is 11.8 Å². The Labute approximate surface area is 226 Å². The minimum Gasteiger partial charge on any atom is -0.485 e. The first kappa shape index (κ1) is 26.9. The first-order valence-corrected chi connectivity index (χ1v) is 14.3. The highest BCUT2D eigenvalue weighted by Crippen LogP contribution is 2.50. The van der Waals surface area contributed by atoms with Gasteiger partial charge in [0.1, 0.15) is 19.1 Å². The first-order valence-electron chi connectivity index (χ1n) is 14.3. The lowest BCUT2D eigenvalue weighted by Gasteiger charge is -2.34. The predicted molar refractivity (Wildman–Crippen MR) is 144 cm³/mol. The maximum atomic E-state index is 12.4. The van der Waals surface area contributed by atoms with Crippen LogP contribution < -0.4 is 4.74 Å². The number of benzene rings is 2. The fourth-order valence-corrected chi connectivity index (χ4v) is 6.64. The Kier molecular flexibility index (Phi) is 9.13. The van der Waals surface area contributed by atoms with Crippen LogP contribution in [0.5, 0.6) is 5.75 Å². The summed E-state index contributed by atoms with van der Waals surface area (Å²) in [5, 5.41) is 0. The van der Waals surface area contributed by atoms with E-state index in [4.69, 9.17) is 18.9 Å². The number of hydrogen-bond acceptors (Lipinski definition) is 6. The van der Waals surface area contributed by atoms with Gasteiger partial charge in [0.25, 0.3) is 5.78 Å². The van der Waals surface area contributed by atoms with Crippen molar-refractivity contribution in [2.24, 2.45) is 17.8 Å². The molecule has 5 atom stereocenters. The van der Waals surface area contributed by atoms with Crippen LogP contribution in [0, 0.1) is 17.8 Å². The van der Waals surface area contributed by atoms with Crippen molar-refractivity contribution in [1.29, 1.82) is 0 Å². The molecule has 1 heterocycles. The van der Waals surface area contributed by atoms with Crippen molar-refractivity contribution in [3.8, 4) is 5.75 Å². The molecule has 0 unspecified atom stereocenters. The Bertz CT molecular complexity index is 1080. The lowest BCUT2D eigenvalue weighted by atomic mass is 9.73. The molecule has 38 heavy (non-hydrogen) atoms. The average Bonchev–Trinajstić information content (AvgIpc) is 3.26. The van der Waals surface area contributed by atoms with Gasteiger partial charge in [-0.1, -0.05) is 68.7 Å². The molecule has 0 radical (unpaired) electrons. The molecule has 0 amide bonds. The van der Waals surface area contributed by atoms with Gasteiger partial charge in [-0.25, -0.2) is 4.79 Å². The summed E-state index contributed by atoms with van der Waals surface area (Å²) in [7, 11) is 0. The third-order valence-electron chi connectivity index (χ3n) is 8.66. The summed E-state index contributed by atoms with van der Waals surface area (Å²) in [5.41, 5.74) is 3.30. The van der Waals surface area contributed by atoms with E-state index in [1.54, 1.807) is 0 Å². The predicted octanol–water partition coefficient (Wildman–Crippen LogP) is 5.83. The normalized spacial score (nSPS) is 26.3. The Morgan fingerprint density at radius 2 is 1.82 bits per heavy atom. The molecule has 0 aromatic heterocycles. The molecule has 2 aromatic carbocycles. The number of Topliss-reactive ketones (excluding diaryl/α,β-unsaturated/α-hetero) is 1. The van der Waals surface area contributed by atoms with E-state index in [0.717, 1.165) is 44.1 Å². The van der Waals surface area contributed by atoms with Gasteiger partial charge < -0.3 is 18.9 Å². The van der Waals surface area contributed by atoms with Gasteiger partial charge in [0.05, 0.1) is 12.2 Å². The van der Waals surface area contributed by atoms with Crippen molar-refractivity contribution in [3.05, 3.63) is 65.2 Å². The Hall–Kier alpha value is -2.70. The number of carbonyl (C=O) groups is 2. The van der Waals surface area contributed by atoms with Crippen LogP contribution in [0.2, 0.25) is 0 Å². The van der Waals surface area contributed by atoms with E-state index in [9.17, 15) is 9.59 Å². The molecular weight excluding hydrogens is 480 g/mol. The molecule has 2 fully saturated rings. The largest absolute Gasteiger partial charge is 0.485 e. The van der Waals surface area contributed by atoms with Crippen molar-refractivity contribution in [2.45, 2.75) is 83.5 Å². The molecule has 0 spiro atoms. The van der Waals surface area contributed by atoms with Gasteiger partial charge in [0, 0.05) is 0 Å². The molecule has 5 rings (SSSR count). The topological polar surface area (TPSA) is 71.1 Å². The van der Waals surface area contributed by atoms with E-state index in [-0.39, 0.29) is 19.3 Å². The molecule has 1 saturated carbocycles. The summed E-state index contributed by atoms with van der Waals surface area (Å²) in [6.45, 7) is 2.40. The Balaban J connectivity index is 1.17. The number of ether oxygens (including phenoxy) is 4. The van der Waals surface area contributed by atoms with Crippen molar-refractivity contribution < 1.29 is 28.5 Å². The fourth-order valence-electron chi connectivity index (χ4n) is 6.64. The lowest BCUT2D eigenvalue weighted by molar-refractivity contribution is -0.155. The zero-order valence-electron chi connectivity index (χ0n) is 22.4. The molecule has 1 saturated heterocycles. The Morgan fingerprint density at radius 1 is 0.947 bits per heavy atom. The quantitative estimate of drug-likeness (QED) is 0.223. The van der Waals surface area contributed by atoms with E-state index >= 15 is 0 Å². The van der Waals surface area contributed by atoms with Crippen molar-refractivity contribution in [1.82, 2.24) is 0 Å². The second-order valence-electron chi connectivity index (χ2n) is 11.1. The van der Waals surface area contributed by atoms with Crippen LogP contribution >= 0.6 is 0 Å². The monoisotopic (exact) mass is 520 g/mol. The number of fused-ring (bicyclic) bond motifs is 4. The van der Waals surface area contributed by atoms with E-state index in [2.05, 4.69) is 13.0 Å². The van der Waals surface area contributed by atoms with Gasteiger partial charge in [-0.15, -0.1) is 0 Å². The Morgan fingerprint density at radius 3 is 2.66 bits per heavy atom. The van der Waals surface area contributed by atoms with Crippen LogP contribution in [-0.2, 0) is 43.2 Å². The second kappa shape index (κ2) is 12.9. The highest BCUT2D eigenvalue weighted by Gasteiger charge is 2.46. The van der Waals surface area contributed by atoms with Crippen molar-refractivity contribution in [3.63, 3.8) is 0 Å². The number of ketones is 1. The number of rotatable bonds is 10. The van der Waals surface area contributed by atoms with Gasteiger partial charge in [0.2, 0.25) is 0 Å². The van der Waals surface area contributed by atoms with Crippen LogP contribution in [0.25, 0.3) is 0 Å². The summed E-state index contributed by atoms with van der Waals surface area (Å²) in [6, 6.07) is 15.4. The van der Waals surface area contributed by atoms with Gasteiger partial charge >= 0.3 is 5.97 Å². The standard InChI is InChI=1S/C32H40O6/c1-2-3-5-12-25-14-15-26-27-16-23-11-8-13-30(28(23)17-24(27)18-31(26)38-21-37-25)35-20-29(33)32(34)36-19-22-9-6-4-7-10-22/h4,6-11,13,24-27,31H,2-3,5,12,14-21H2,1H3/t24-,25-,26+,27-,31+/m0/s1. The fraction of sp³-hybridized carbons (Fsp3) is 0.562. The lowest BCUT2D eigenvalue weighted by Crippen LogP contribution is -2.32. The third-order valence-corrected chi connectivity index (χ3v) is 8.66. The van der Waals surface area contributed by atoms with Gasteiger partial charge in [-0.2, -0.15) is 0 Å². The summed E-state index contributed by atoms with van der Waals surface area (Å²) >= 11 is 0. The molecule has 6 heteroatoms. The van der Waals surface area contributed by atoms with Gasteiger partial charge in [-0.3, -0.25) is 4.79 Å². The first-order chi connectivity index (χ1) is 18.6. The maximum absolute atomic E-state index is 12.4. The third kappa shape index (κ3) is 6.47. The highest BCUT2D eigenvalue weighted by atomic mass is 16.7.